The zero-order valence-electron chi connectivity index (χ0n) is 18.5. The standard InChI is InChI=1S/C24H48OS/c1-5-7-9-11-13-14-15-17-19-21-23(26)25-24(3,4)22-20-18-16-12-10-8-6-2/h5-22H2,1-4H3. The van der Waals surface area contributed by atoms with Crippen LogP contribution in [-0.4, -0.2) is 10.7 Å². The first-order valence-electron chi connectivity index (χ1n) is 11.7. The van der Waals surface area contributed by atoms with E-state index in [0.717, 1.165) is 17.9 Å². The molecule has 0 spiro atoms. The molecule has 156 valence electrons. The Hall–Kier alpha value is -0.110. The summed E-state index contributed by atoms with van der Waals surface area (Å²) >= 11 is 5.48. The van der Waals surface area contributed by atoms with E-state index < -0.39 is 0 Å². The number of hydrogen-bond acceptors (Lipinski definition) is 2. The topological polar surface area (TPSA) is 9.23 Å². The van der Waals surface area contributed by atoms with E-state index in [9.17, 15) is 0 Å². The average molecular weight is 385 g/mol. The molecule has 0 aliphatic rings. The van der Waals surface area contributed by atoms with Gasteiger partial charge in [0.1, 0.15) is 5.60 Å². The van der Waals surface area contributed by atoms with Crippen LogP contribution in [0.1, 0.15) is 143 Å². The predicted octanol–water partition coefficient (Wildman–Crippen LogP) is 9.17. The summed E-state index contributed by atoms with van der Waals surface area (Å²) in [6, 6.07) is 0. The smallest absolute Gasteiger partial charge is 0.160 e. The van der Waals surface area contributed by atoms with E-state index in [1.165, 1.54) is 103 Å². The van der Waals surface area contributed by atoms with Crippen molar-refractivity contribution in [2.24, 2.45) is 0 Å². The van der Waals surface area contributed by atoms with Crippen LogP contribution in [0.4, 0.5) is 0 Å². The van der Waals surface area contributed by atoms with E-state index >= 15 is 0 Å². The van der Waals surface area contributed by atoms with Crippen LogP contribution < -0.4 is 0 Å². The van der Waals surface area contributed by atoms with Gasteiger partial charge in [0.05, 0.1) is 0 Å². The summed E-state index contributed by atoms with van der Waals surface area (Å²) in [4.78, 5) is 0. The highest BCUT2D eigenvalue weighted by molar-refractivity contribution is 7.80. The Morgan fingerprint density at radius 3 is 1.46 bits per heavy atom. The van der Waals surface area contributed by atoms with Gasteiger partial charge in [0.25, 0.3) is 0 Å². The van der Waals surface area contributed by atoms with Gasteiger partial charge in [-0.1, -0.05) is 104 Å². The van der Waals surface area contributed by atoms with Crippen LogP contribution in [0.25, 0.3) is 0 Å². The highest BCUT2D eigenvalue weighted by atomic mass is 32.1. The maximum Gasteiger partial charge on any atom is 0.160 e. The van der Waals surface area contributed by atoms with E-state index in [1.54, 1.807) is 0 Å². The fourth-order valence-corrected chi connectivity index (χ4v) is 3.87. The summed E-state index contributed by atoms with van der Waals surface area (Å²) in [6.07, 6.45) is 23.8. The molecule has 0 aromatic rings. The number of thiocarbonyl (C=S) groups is 1. The van der Waals surface area contributed by atoms with Crippen molar-refractivity contribution in [2.45, 2.75) is 149 Å². The van der Waals surface area contributed by atoms with Crippen LogP contribution in [0.2, 0.25) is 0 Å². The number of hydrogen-bond donors (Lipinski definition) is 0. The van der Waals surface area contributed by atoms with Gasteiger partial charge >= 0.3 is 0 Å². The summed E-state index contributed by atoms with van der Waals surface area (Å²) in [7, 11) is 0. The second-order valence-corrected chi connectivity index (χ2v) is 9.14. The van der Waals surface area contributed by atoms with Gasteiger partial charge in [0.15, 0.2) is 5.05 Å². The molecule has 0 aliphatic heterocycles. The Balaban J connectivity index is 3.52. The quantitative estimate of drug-likeness (QED) is 0.162. The third-order valence-electron chi connectivity index (χ3n) is 5.26. The summed E-state index contributed by atoms with van der Waals surface area (Å²) < 4.78 is 6.09. The molecule has 0 saturated heterocycles. The van der Waals surface area contributed by atoms with E-state index in [4.69, 9.17) is 17.0 Å². The van der Waals surface area contributed by atoms with Crippen molar-refractivity contribution in [3.05, 3.63) is 0 Å². The van der Waals surface area contributed by atoms with Gasteiger partial charge in [-0.3, -0.25) is 0 Å². The molecule has 0 N–H and O–H groups in total. The molecule has 0 atom stereocenters. The third-order valence-corrected chi connectivity index (χ3v) is 5.54. The highest BCUT2D eigenvalue weighted by Crippen LogP contribution is 2.21. The lowest BCUT2D eigenvalue weighted by molar-refractivity contribution is 0.0832. The summed E-state index contributed by atoms with van der Waals surface area (Å²) in [6.45, 7) is 8.96. The molecule has 0 aromatic carbocycles. The van der Waals surface area contributed by atoms with Crippen molar-refractivity contribution >= 4 is 17.3 Å². The van der Waals surface area contributed by atoms with Crippen LogP contribution in [0.15, 0.2) is 0 Å². The Bertz CT molecular complexity index is 311. The molecular weight excluding hydrogens is 336 g/mol. The first-order chi connectivity index (χ1) is 12.5. The molecule has 0 saturated carbocycles. The molecule has 0 radical (unpaired) electrons. The van der Waals surface area contributed by atoms with E-state index in [0.29, 0.717) is 0 Å². The third kappa shape index (κ3) is 18.7. The highest BCUT2D eigenvalue weighted by Gasteiger charge is 2.20. The molecule has 0 unspecified atom stereocenters. The Morgan fingerprint density at radius 1 is 0.615 bits per heavy atom. The minimum absolute atomic E-state index is 0.0836. The molecule has 0 rings (SSSR count). The number of unbranched alkanes of at least 4 members (excludes halogenated alkanes) is 14. The number of rotatable bonds is 19. The molecule has 0 aromatic heterocycles. The van der Waals surface area contributed by atoms with Crippen molar-refractivity contribution in [1.29, 1.82) is 0 Å². The van der Waals surface area contributed by atoms with Gasteiger partial charge in [0, 0.05) is 6.42 Å². The van der Waals surface area contributed by atoms with Crippen LogP contribution in [0.5, 0.6) is 0 Å². The van der Waals surface area contributed by atoms with Gasteiger partial charge in [-0.25, -0.2) is 0 Å². The summed E-state index contributed by atoms with van der Waals surface area (Å²) in [5.74, 6) is 0. The zero-order chi connectivity index (χ0) is 19.5. The first-order valence-corrected chi connectivity index (χ1v) is 12.1. The van der Waals surface area contributed by atoms with E-state index in [1.807, 2.05) is 0 Å². The normalized spacial score (nSPS) is 11.7. The molecule has 0 amide bonds. The average Bonchev–Trinajstić information content (AvgIpc) is 2.59. The van der Waals surface area contributed by atoms with Crippen LogP contribution in [0, 0.1) is 0 Å². The van der Waals surface area contributed by atoms with Gasteiger partial charge in [-0.15, -0.1) is 0 Å². The Morgan fingerprint density at radius 2 is 1.00 bits per heavy atom. The molecule has 0 heterocycles. The second-order valence-electron chi connectivity index (χ2n) is 8.68. The number of ether oxygens (including phenoxy) is 1. The van der Waals surface area contributed by atoms with Crippen molar-refractivity contribution in [2.75, 3.05) is 0 Å². The molecule has 0 bridgehead atoms. The lowest BCUT2D eigenvalue weighted by Gasteiger charge is -2.27. The molecule has 0 aliphatic carbocycles. The molecule has 26 heavy (non-hydrogen) atoms. The largest absolute Gasteiger partial charge is 0.481 e. The minimum Gasteiger partial charge on any atom is -0.481 e. The minimum atomic E-state index is -0.0836. The maximum atomic E-state index is 6.09. The van der Waals surface area contributed by atoms with E-state index in [2.05, 4.69) is 27.7 Å². The van der Waals surface area contributed by atoms with Crippen molar-refractivity contribution in [3.8, 4) is 0 Å². The van der Waals surface area contributed by atoms with Crippen LogP contribution >= 0.6 is 12.2 Å². The van der Waals surface area contributed by atoms with Crippen LogP contribution in [0.3, 0.4) is 0 Å². The monoisotopic (exact) mass is 384 g/mol. The van der Waals surface area contributed by atoms with Crippen LogP contribution in [-0.2, 0) is 4.74 Å². The van der Waals surface area contributed by atoms with Crippen molar-refractivity contribution in [1.82, 2.24) is 0 Å². The first kappa shape index (κ1) is 25.9. The molecular formula is C24H48OS. The van der Waals surface area contributed by atoms with Crippen molar-refractivity contribution < 1.29 is 4.74 Å². The lowest BCUT2D eigenvalue weighted by atomic mass is 9.99. The van der Waals surface area contributed by atoms with Crippen molar-refractivity contribution in [3.63, 3.8) is 0 Å². The Kier molecular flexibility index (Phi) is 18.2. The summed E-state index contributed by atoms with van der Waals surface area (Å²) in [5, 5.41) is 0.834. The maximum absolute atomic E-state index is 6.09. The molecule has 1 nitrogen and oxygen atoms in total. The molecule has 2 heteroatoms. The van der Waals surface area contributed by atoms with Gasteiger partial charge in [-0.2, -0.15) is 0 Å². The molecule has 0 fully saturated rings. The SMILES string of the molecule is CCCCCCCCCCCC(=S)OC(C)(C)CCCCCCCCC. The van der Waals surface area contributed by atoms with E-state index in [-0.39, 0.29) is 5.60 Å². The lowest BCUT2D eigenvalue weighted by Crippen LogP contribution is -2.27. The zero-order valence-corrected chi connectivity index (χ0v) is 19.4. The summed E-state index contributed by atoms with van der Waals surface area (Å²) in [5.41, 5.74) is -0.0836. The fourth-order valence-electron chi connectivity index (χ4n) is 3.50. The second kappa shape index (κ2) is 18.3. The van der Waals surface area contributed by atoms with Gasteiger partial charge in [-0.05, 0) is 45.3 Å². The fraction of sp³-hybridized carbons (Fsp3) is 0.958. The predicted molar refractivity (Wildman–Crippen MR) is 122 cm³/mol. The van der Waals surface area contributed by atoms with Gasteiger partial charge in [0.2, 0.25) is 0 Å². The Labute approximate surface area is 171 Å². The van der Waals surface area contributed by atoms with Gasteiger partial charge < -0.3 is 4.74 Å².